The van der Waals surface area contributed by atoms with Gasteiger partial charge in [-0.3, -0.25) is 9.59 Å². The highest BCUT2D eigenvalue weighted by molar-refractivity contribution is 6.31. The zero-order valence-electron chi connectivity index (χ0n) is 12.3. The molecule has 0 unspecified atom stereocenters. The Hall–Kier alpha value is -2.08. The van der Waals surface area contributed by atoms with E-state index in [-0.39, 0.29) is 12.3 Å². The molecule has 1 aliphatic carbocycles. The largest absolute Gasteiger partial charge is 0.369 e. The third-order valence-corrected chi connectivity index (χ3v) is 4.55. The number of nitrogens with one attached hydrogen (secondary N) is 2. The van der Waals surface area contributed by atoms with Crippen molar-refractivity contribution >= 4 is 34.3 Å². The summed E-state index contributed by atoms with van der Waals surface area (Å²) in [5, 5.41) is 4.09. The van der Waals surface area contributed by atoms with E-state index in [1.807, 2.05) is 0 Å². The molecule has 1 saturated carbocycles. The van der Waals surface area contributed by atoms with E-state index in [2.05, 4.69) is 10.3 Å². The zero-order chi connectivity index (χ0) is 16.6. The molecule has 1 aliphatic rings. The average molecular weight is 338 g/mol. The molecule has 23 heavy (non-hydrogen) atoms. The summed E-state index contributed by atoms with van der Waals surface area (Å²) in [5.41, 5.74) is 6.35. The van der Waals surface area contributed by atoms with Crippen LogP contribution in [0.25, 0.3) is 10.9 Å². The predicted octanol–water partition coefficient (Wildman–Crippen LogP) is 2.54. The van der Waals surface area contributed by atoms with Crippen LogP contribution in [0.4, 0.5) is 4.39 Å². The lowest BCUT2D eigenvalue weighted by Crippen LogP contribution is -2.46. The van der Waals surface area contributed by atoms with Gasteiger partial charge < -0.3 is 16.0 Å². The number of halogens is 2. The van der Waals surface area contributed by atoms with Crippen molar-refractivity contribution in [2.45, 2.75) is 31.5 Å². The van der Waals surface area contributed by atoms with Gasteiger partial charge in [0.25, 0.3) is 5.91 Å². The number of rotatable bonds is 3. The Morgan fingerprint density at radius 3 is 2.78 bits per heavy atom. The van der Waals surface area contributed by atoms with Gasteiger partial charge in [-0.1, -0.05) is 11.6 Å². The van der Waals surface area contributed by atoms with Crippen LogP contribution in [0.15, 0.2) is 24.3 Å². The third-order valence-electron chi connectivity index (χ3n) is 4.32. The molecule has 0 aliphatic heterocycles. The number of alkyl halides is 1. The van der Waals surface area contributed by atoms with Crippen LogP contribution in [0.1, 0.15) is 29.8 Å². The van der Waals surface area contributed by atoms with Crippen LogP contribution in [0.3, 0.4) is 0 Å². The molecule has 7 heteroatoms. The van der Waals surface area contributed by atoms with E-state index >= 15 is 0 Å². The molecule has 2 aromatic rings. The van der Waals surface area contributed by atoms with E-state index in [0.29, 0.717) is 23.6 Å². The van der Waals surface area contributed by atoms with Gasteiger partial charge in [-0.05, 0) is 43.5 Å². The Labute approximate surface area is 137 Å². The van der Waals surface area contributed by atoms with Crippen LogP contribution in [0.2, 0.25) is 5.02 Å². The minimum atomic E-state index is -1.27. The Morgan fingerprint density at radius 1 is 1.30 bits per heavy atom. The summed E-state index contributed by atoms with van der Waals surface area (Å²) in [6.07, 6.45) is -0.331. The van der Waals surface area contributed by atoms with E-state index in [4.69, 9.17) is 17.3 Å². The standard InChI is InChI=1S/C16H17ClFN3O2/c17-10-2-4-12-9(5-10)7-14(20-12)16(23)21-13-3-1-8(15(19)22)6-11(13)18/h2,4-5,7-8,11,13,20H,1,3,6H2,(H2,19,22)(H,21,23)/t8-,11+,13-/m0/s1. The maximum atomic E-state index is 14.1. The number of fused-ring (bicyclic) bond motifs is 1. The number of nitrogens with two attached hydrogens (primary N) is 1. The number of hydrogen-bond donors (Lipinski definition) is 3. The lowest BCUT2D eigenvalue weighted by atomic mass is 9.84. The predicted molar refractivity (Wildman–Crippen MR) is 86.0 cm³/mol. The van der Waals surface area contributed by atoms with E-state index in [9.17, 15) is 14.0 Å². The Bertz CT molecular complexity index is 761. The second-order valence-corrected chi connectivity index (χ2v) is 6.36. The lowest BCUT2D eigenvalue weighted by Gasteiger charge is -2.30. The number of carbonyl (C=O) groups excluding carboxylic acids is 2. The maximum Gasteiger partial charge on any atom is 0.268 e. The van der Waals surface area contributed by atoms with Gasteiger partial charge in [0.15, 0.2) is 0 Å². The van der Waals surface area contributed by atoms with E-state index < -0.39 is 24.0 Å². The summed E-state index contributed by atoms with van der Waals surface area (Å²) in [6, 6.07) is 6.34. The first-order chi connectivity index (χ1) is 10.9. The van der Waals surface area contributed by atoms with Crippen molar-refractivity contribution in [3.8, 4) is 0 Å². The molecular weight excluding hydrogens is 321 g/mol. The Kier molecular flexibility index (Phi) is 4.26. The first-order valence-corrected chi connectivity index (χ1v) is 7.84. The van der Waals surface area contributed by atoms with Crippen LogP contribution in [0, 0.1) is 5.92 Å². The van der Waals surface area contributed by atoms with Gasteiger partial charge in [0.05, 0.1) is 6.04 Å². The molecular formula is C16H17ClFN3O2. The normalized spacial score (nSPS) is 24.5. The van der Waals surface area contributed by atoms with E-state index in [1.54, 1.807) is 24.3 Å². The molecule has 5 nitrogen and oxygen atoms in total. The van der Waals surface area contributed by atoms with E-state index in [0.717, 1.165) is 10.9 Å². The monoisotopic (exact) mass is 337 g/mol. The highest BCUT2D eigenvalue weighted by Crippen LogP contribution is 2.27. The summed E-state index contributed by atoms with van der Waals surface area (Å²) in [4.78, 5) is 26.4. The molecule has 0 spiro atoms. The molecule has 3 atom stereocenters. The van der Waals surface area contributed by atoms with Gasteiger partial charge in [0.2, 0.25) is 5.91 Å². The van der Waals surface area contributed by atoms with Crippen molar-refractivity contribution in [3.63, 3.8) is 0 Å². The fraction of sp³-hybridized carbons (Fsp3) is 0.375. The number of amides is 2. The summed E-state index contributed by atoms with van der Waals surface area (Å²) in [7, 11) is 0. The Balaban J connectivity index is 1.69. The zero-order valence-corrected chi connectivity index (χ0v) is 13.1. The molecule has 1 heterocycles. The van der Waals surface area contributed by atoms with Crippen molar-refractivity contribution < 1.29 is 14.0 Å². The van der Waals surface area contributed by atoms with Crippen molar-refractivity contribution in [2.75, 3.05) is 0 Å². The van der Waals surface area contributed by atoms with Crippen LogP contribution in [0.5, 0.6) is 0 Å². The molecule has 0 saturated heterocycles. The number of aromatic amines is 1. The minimum absolute atomic E-state index is 0.0581. The molecule has 1 fully saturated rings. The van der Waals surface area contributed by atoms with Gasteiger partial charge >= 0.3 is 0 Å². The van der Waals surface area contributed by atoms with Crippen LogP contribution in [-0.4, -0.2) is 29.0 Å². The fourth-order valence-corrected chi connectivity index (χ4v) is 3.19. The first kappa shape index (κ1) is 15.8. The maximum absolute atomic E-state index is 14.1. The van der Waals surface area contributed by atoms with Crippen molar-refractivity contribution in [1.29, 1.82) is 0 Å². The smallest absolute Gasteiger partial charge is 0.268 e. The number of H-pyrrole nitrogens is 1. The third kappa shape index (κ3) is 3.32. The second-order valence-electron chi connectivity index (χ2n) is 5.92. The number of benzene rings is 1. The van der Waals surface area contributed by atoms with Crippen molar-refractivity contribution in [3.05, 3.63) is 35.0 Å². The SMILES string of the molecule is NC(=O)[C@H]1CC[C@H](NC(=O)c2cc3cc(Cl)ccc3[nH]2)[C@H](F)C1. The topological polar surface area (TPSA) is 88.0 Å². The summed E-state index contributed by atoms with van der Waals surface area (Å²) in [6.45, 7) is 0. The molecule has 2 amide bonds. The molecule has 122 valence electrons. The number of primary amides is 1. The molecule has 3 rings (SSSR count). The molecule has 1 aromatic heterocycles. The molecule has 1 aromatic carbocycles. The highest BCUT2D eigenvalue weighted by Gasteiger charge is 2.34. The van der Waals surface area contributed by atoms with Crippen LogP contribution < -0.4 is 11.1 Å². The van der Waals surface area contributed by atoms with Gasteiger partial charge in [0.1, 0.15) is 11.9 Å². The number of hydrogen-bond acceptors (Lipinski definition) is 2. The van der Waals surface area contributed by atoms with E-state index in [1.165, 1.54) is 0 Å². The van der Waals surface area contributed by atoms with Gasteiger partial charge in [-0.25, -0.2) is 4.39 Å². The summed E-state index contributed by atoms with van der Waals surface area (Å²) >= 11 is 5.92. The molecule has 0 bridgehead atoms. The van der Waals surface area contributed by atoms with Gasteiger partial charge in [-0.15, -0.1) is 0 Å². The van der Waals surface area contributed by atoms with Crippen LogP contribution in [-0.2, 0) is 4.79 Å². The van der Waals surface area contributed by atoms with Crippen molar-refractivity contribution in [2.24, 2.45) is 11.7 Å². The fourth-order valence-electron chi connectivity index (χ4n) is 3.01. The van der Waals surface area contributed by atoms with Crippen LogP contribution >= 0.6 is 11.6 Å². The number of carbonyl (C=O) groups is 2. The summed E-state index contributed by atoms with van der Waals surface area (Å²) < 4.78 is 14.1. The summed E-state index contributed by atoms with van der Waals surface area (Å²) in [5.74, 6) is -1.30. The minimum Gasteiger partial charge on any atom is -0.369 e. The quantitative estimate of drug-likeness (QED) is 0.803. The molecule has 4 N–H and O–H groups in total. The number of aromatic nitrogens is 1. The molecule has 0 radical (unpaired) electrons. The highest BCUT2D eigenvalue weighted by atomic mass is 35.5. The van der Waals surface area contributed by atoms with Crippen molar-refractivity contribution in [1.82, 2.24) is 10.3 Å². The van der Waals surface area contributed by atoms with Gasteiger partial charge in [-0.2, -0.15) is 0 Å². The van der Waals surface area contributed by atoms with Gasteiger partial charge in [0, 0.05) is 21.8 Å². The Morgan fingerprint density at radius 2 is 2.09 bits per heavy atom. The average Bonchev–Trinajstić information content (AvgIpc) is 2.92. The lowest BCUT2D eigenvalue weighted by molar-refractivity contribution is -0.123. The second kappa shape index (κ2) is 6.20. The first-order valence-electron chi connectivity index (χ1n) is 7.46.